The molecule has 146 valence electrons. The van der Waals surface area contributed by atoms with E-state index in [1.807, 2.05) is 0 Å². The highest BCUT2D eigenvalue weighted by Gasteiger charge is 2.12. The normalized spacial score (nSPS) is 11.5. The van der Waals surface area contributed by atoms with Crippen LogP contribution in [0.4, 0.5) is 0 Å². The summed E-state index contributed by atoms with van der Waals surface area (Å²) in [6.45, 7) is -0.278. The molecule has 0 aromatic heterocycles. The van der Waals surface area contributed by atoms with Gasteiger partial charge in [0.1, 0.15) is 12.1 Å². The van der Waals surface area contributed by atoms with Crippen LogP contribution in [0, 0.1) is 0 Å². The minimum Gasteiger partial charge on any atom is -0.481 e. The Morgan fingerprint density at radius 2 is 0.880 bits per heavy atom. The van der Waals surface area contributed by atoms with Crippen LogP contribution in [0.2, 0.25) is 0 Å². The molecular weight excluding hydrogens is 346 g/mol. The third-order valence-electron chi connectivity index (χ3n) is 2.15. The summed E-state index contributed by atoms with van der Waals surface area (Å²) in [5, 5.41) is 40.1. The summed E-state index contributed by atoms with van der Waals surface area (Å²) < 4.78 is 0. The molecule has 0 saturated carbocycles. The van der Waals surface area contributed by atoms with Gasteiger partial charge in [-0.2, -0.15) is 0 Å². The molecule has 0 aliphatic heterocycles. The highest BCUT2D eigenvalue weighted by molar-refractivity contribution is 5.75. The van der Waals surface area contributed by atoms with Gasteiger partial charge in [0.25, 0.3) is 0 Å². The molecule has 11 N–H and O–H groups in total. The number of hydrogen-bond acceptors (Lipinski definition) is 8. The van der Waals surface area contributed by atoms with Crippen LogP contribution in [0.15, 0.2) is 0 Å². The van der Waals surface area contributed by atoms with Gasteiger partial charge in [0.15, 0.2) is 0 Å². The van der Waals surface area contributed by atoms with Crippen LogP contribution in [0.5, 0.6) is 0 Å². The van der Waals surface area contributed by atoms with E-state index in [0.29, 0.717) is 0 Å². The van der Waals surface area contributed by atoms with Gasteiger partial charge in [0, 0.05) is 12.8 Å². The molecule has 0 aliphatic carbocycles. The maximum Gasteiger partial charge on any atom is 0.320 e. The molecule has 2 atom stereocenters. The summed E-state index contributed by atoms with van der Waals surface area (Å²) in [6.07, 6.45) is -0.448. The Morgan fingerprint density at radius 3 is 1.00 bits per heavy atom. The third kappa shape index (κ3) is 26.4. The molecule has 0 aromatic rings. The van der Waals surface area contributed by atoms with Crippen molar-refractivity contribution < 1.29 is 49.5 Å². The monoisotopic (exact) mass is 369 g/mol. The maximum absolute atomic E-state index is 9.99. The summed E-state index contributed by atoms with van der Waals surface area (Å²) >= 11 is 0. The average Bonchev–Trinajstić information content (AvgIpc) is 2.50. The Balaban J connectivity index is -0.000000308. The van der Waals surface area contributed by atoms with Crippen LogP contribution in [0.25, 0.3) is 0 Å². The molecule has 0 radical (unpaired) electrons. The fourth-order valence-electron chi connectivity index (χ4n) is 0.805. The molecular formula is C12H23N3O10. The Labute approximate surface area is 142 Å². The summed E-state index contributed by atoms with van der Waals surface area (Å²) in [5.74, 6) is -5.36. The largest absolute Gasteiger partial charge is 0.481 e. The third-order valence-corrected chi connectivity index (χ3v) is 2.15. The lowest BCUT2D eigenvalue weighted by Crippen LogP contribution is -2.30. The summed E-state index contributed by atoms with van der Waals surface area (Å²) in [6, 6.07) is -2.12. The molecule has 0 aliphatic rings. The number of carbonyl (C=O) groups is 5. The first-order valence-electron chi connectivity index (χ1n) is 6.67. The van der Waals surface area contributed by atoms with Crippen LogP contribution < -0.4 is 17.2 Å². The van der Waals surface area contributed by atoms with Crippen molar-refractivity contribution in [3.05, 3.63) is 0 Å². The second-order valence-corrected chi connectivity index (χ2v) is 4.35. The summed E-state index contributed by atoms with van der Waals surface area (Å²) in [4.78, 5) is 49.0. The van der Waals surface area contributed by atoms with Crippen molar-refractivity contribution in [1.29, 1.82) is 0 Å². The maximum atomic E-state index is 9.99. The second kappa shape index (κ2) is 16.1. The van der Waals surface area contributed by atoms with Gasteiger partial charge in [-0.3, -0.25) is 24.0 Å². The van der Waals surface area contributed by atoms with E-state index in [1.54, 1.807) is 0 Å². The minimum absolute atomic E-state index is 0.0231. The van der Waals surface area contributed by atoms with Crippen LogP contribution >= 0.6 is 0 Å². The first-order valence-corrected chi connectivity index (χ1v) is 6.67. The van der Waals surface area contributed by atoms with Gasteiger partial charge < -0.3 is 42.7 Å². The summed E-state index contributed by atoms with van der Waals surface area (Å²) in [7, 11) is 0. The van der Waals surface area contributed by atoms with Gasteiger partial charge in [0.05, 0.1) is 6.54 Å². The molecule has 13 nitrogen and oxygen atoms in total. The Morgan fingerprint density at radius 1 is 0.640 bits per heavy atom. The molecule has 0 fully saturated rings. The Hall–Kier alpha value is -2.77. The molecule has 0 bridgehead atoms. The predicted molar refractivity (Wildman–Crippen MR) is 81.7 cm³/mol. The molecule has 0 heterocycles. The van der Waals surface area contributed by atoms with E-state index in [1.165, 1.54) is 0 Å². The summed E-state index contributed by atoms with van der Waals surface area (Å²) in [5.41, 5.74) is 14.6. The first-order chi connectivity index (χ1) is 11.3. The molecule has 0 spiro atoms. The van der Waals surface area contributed by atoms with E-state index in [2.05, 4.69) is 5.73 Å². The number of aliphatic carboxylic acids is 5. The van der Waals surface area contributed by atoms with Gasteiger partial charge in [-0.1, -0.05) is 0 Å². The zero-order valence-corrected chi connectivity index (χ0v) is 13.2. The lowest BCUT2D eigenvalue weighted by atomic mass is 10.2. The Kier molecular flexibility index (Phi) is 17.4. The van der Waals surface area contributed by atoms with E-state index < -0.39 is 41.9 Å². The second-order valence-electron chi connectivity index (χ2n) is 4.35. The highest BCUT2D eigenvalue weighted by atomic mass is 16.4. The van der Waals surface area contributed by atoms with Gasteiger partial charge in [-0.05, 0) is 12.8 Å². The lowest BCUT2D eigenvalue weighted by Gasteiger charge is -2.01. The molecule has 25 heavy (non-hydrogen) atoms. The van der Waals surface area contributed by atoms with Gasteiger partial charge in [-0.25, -0.2) is 0 Å². The van der Waals surface area contributed by atoms with E-state index in [9.17, 15) is 24.0 Å². The SMILES string of the molecule is NCC(=O)O.N[C@@H](CCC(=O)O)C(=O)O.N[C@@H](CCC(=O)O)C(=O)O. The van der Waals surface area contributed by atoms with Gasteiger partial charge in [-0.15, -0.1) is 0 Å². The molecule has 0 aromatic carbocycles. The first kappa shape index (κ1) is 27.1. The number of nitrogens with two attached hydrogens (primary N) is 3. The van der Waals surface area contributed by atoms with E-state index in [-0.39, 0.29) is 32.2 Å². The highest BCUT2D eigenvalue weighted by Crippen LogP contribution is 1.94. The van der Waals surface area contributed by atoms with Gasteiger partial charge in [0.2, 0.25) is 0 Å². The lowest BCUT2D eigenvalue weighted by molar-refractivity contribution is -0.141. The Bertz CT molecular complexity index is 420. The topological polar surface area (TPSA) is 265 Å². The smallest absolute Gasteiger partial charge is 0.320 e. The van der Waals surface area contributed by atoms with Crippen molar-refractivity contribution in [2.45, 2.75) is 37.8 Å². The van der Waals surface area contributed by atoms with Crippen LogP contribution in [0.1, 0.15) is 25.7 Å². The van der Waals surface area contributed by atoms with Crippen LogP contribution in [-0.2, 0) is 24.0 Å². The van der Waals surface area contributed by atoms with Crippen molar-refractivity contribution in [3.63, 3.8) is 0 Å². The number of hydrogen-bond donors (Lipinski definition) is 8. The van der Waals surface area contributed by atoms with E-state index in [4.69, 9.17) is 37.0 Å². The quantitative estimate of drug-likeness (QED) is 0.210. The van der Waals surface area contributed by atoms with Crippen molar-refractivity contribution in [2.24, 2.45) is 17.2 Å². The van der Waals surface area contributed by atoms with Crippen molar-refractivity contribution in [2.75, 3.05) is 6.54 Å². The minimum atomic E-state index is -1.17. The number of carboxylic acids is 5. The van der Waals surface area contributed by atoms with Gasteiger partial charge >= 0.3 is 29.8 Å². The zero-order chi connectivity index (χ0) is 20.6. The van der Waals surface area contributed by atoms with E-state index in [0.717, 1.165) is 0 Å². The fraction of sp³-hybridized carbons (Fsp3) is 0.583. The van der Waals surface area contributed by atoms with Crippen molar-refractivity contribution >= 4 is 29.8 Å². The van der Waals surface area contributed by atoms with Crippen molar-refractivity contribution in [1.82, 2.24) is 0 Å². The van der Waals surface area contributed by atoms with Crippen LogP contribution in [0.3, 0.4) is 0 Å². The average molecular weight is 369 g/mol. The molecule has 0 rings (SSSR count). The predicted octanol–water partition coefficient (Wildman–Crippen LogP) is -2.44. The van der Waals surface area contributed by atoms with E-state index >= 15 is 0 Å². The van der Waals surface area contributed by atoms with Crippen LogP contribution in [-0.4, -0.2) is 74.0 Å². The molecule has 13 heteroatoms. The number of rotatable bonds is 9. The zero-order valence-electron chi connectivity index (χ0n) is 13.2. The molecule has 0 unspecified atom stereocenters. The van der Waals surface area contributed by atoms with Crippen molar-refractivity contribution in [3.8, 4) is 0 Å². The molecule has 0 saturated heterocycles. The molecule has 0 amide bonds. The number of carboxylic acid groups (broad SMARTS) is 5. The standard InChI is InChI=1S/2C5H9NO4.C2H5NO2/c2*6-3(5(9)10)1-2-4(7)8;3-1-2(4)5/h2*3H,1-2,6H2,(H,7,8)(H,9,10);1,3H2,(H,4,5)/t2*3-;/m00./s1. The fourth-order valence-corrected chi connectivity index (χ4v) is 0.805.